The lowest BCUT2D eigenvalue weighted by Gasteiger charge is -2.27. The molecule has 1 fully saturated rings. The lowest BCUT2D eigenvalue weighted by molar-refractivity contribution is 0.492. The Morgan fingerprint density at radius 1 is 1.28 bits per heavy atom. The smallest absolute Gasteiger partial charge is 0.145 e. The summed E-state index contributed by atoms with van der Waals surface area (Å²) in [5.41, 5.74) is 2.68. The van der Waals surface area contributed by atoms with Gasteiger partial charge in [-0.25, -0.2) is 15.8 Å². The van der Waals surface area contributed by atoms with Gasteiger partial charge in [0, 0.05) is 17.5 Å². The highest BCUT2D eigenvalue weighted by Gasteiger charge is 2.37. The highest BCUT2D eigenvalue weighted by atomic mass is 15.3. The molecule has 1 aromatic heterocycles. The van der Waals surface area contributed by atoms with Gasteiger partial charge in [-0.1, -0.05) is 13.8 Å². The molecule has 1 saturated carbocycles. The van der Waals surface area contributed by atoms with Crippen molar-refractivity contribution in [3.05, 3.63) is 11.9 Å². The number of aromatic nitrogens is 2. The van der Waals surface area contributed by atoms with E-state index in [4.69, 9.17) is 5.84 Å². The first-order valence-electron chi connectivity index (χ1n) is 6.56. The molecular weight excluding hydrogens is 226 g/mol. The number of nitrogens with one attached hydrogen (secondary N) is 2. The number of hydrazine groups is 1. The van der Waals surface area contributed by atoms with Crippen molar-refractivity contribution in [2.75, 3.05) is 10.7 Å². The fourth-order valence-corrected chi connectivity index (χ4v) is 2.10. The first-order chi connectivity index (χ1) is 8.42. The third-order valence-corrected chi connectivity index (χ3v) is 3.46. The molecule has 0 aliphatic heterocycles. The quantitative estimate of drug-likeness (QED) is 0.552. The van der Waals surface area contributed by atoms with E-state index in [1.807, 2.05) is 6.07 Å². The zero-order valence-corrected chi connectivity index (χ0v) is 11.6. The Bertz CT molecular complexity index is 423. The normalized spacial score (nSPS) is 15.9. The molecule has 5 nitrogen and oxygen atoms in total. The van der Waals surface area contributed by atoms with Crippen LogP contribution in [0.4, 0.5) is 11.6 Å². The molecular formula is C13H23N5. The average molecular weight is 249 g/mol. The van der Waals surface area contributed by atoms with Gasteiger partial charge in [0.15, 0.2) is 0 Å². The molecule has 0 radical (unpaired) electrons. The molecule has 1 heterocycles. The summed E-state index contributed by atoms with van der Waals surface area (Å²) >= 11 is 0. The maximum atomic E-state index is 5.46. The fourth-order valence-electron chi connectivity index (χ4n) is 2.10. The molecule has 0 aromatic carbocycles. The molecule has 1 aliphatic carbocycles. The molecule has 0 unspecified atom stereocenters. The largest absolute Gasteiger partial charge is 0.365 e. The Kier molecular flexibility index (Phi) is 3.43. The van der Waals surface area contributed by atoms with E-state index in [0.29, 0.717) is 5.82 Å². The molecule has 4 N–H and O–H groups in total. The SMILES string of the molecule is CC(C)c1nc(NN)cc(NC(C)(C)C2CC2)n1. The molecule has 0 amide bonds. The number of hydrogen-bond acceptors (Lipinski definition) is 5. The van der Waals surface area contributed by atoms with Crippen molar-refractivity contribution in [1.29, 1.82) is 0 Å². The highest BCUT2D eigenvalue weighted by molar-refractivity contribution is 5.48. The summed E-state index contributed by atoms with van der Waals surface area (Å²) in [6, 6.07) is 1.86. The molecule has 1 aliphatic rings. The van der Waals surface area contributed by atoms with Gasteiger partial charge in [-0.15, -0.1) is 0 Å². The van der Waals surface area contributed by atoms with Gasteiger partial charge in [-0.2, -0.15) is 0 Å². The highest BCUT2D eigenvalue weighted by Crippen LogP contribution is 2.41. The molecule has 1 aromatic rings. The van der Waals surface area contributed by atoms with Crippen LogP contribution < -0.4 is 16.6 Å². The zero-order valence-electron chi connectivity index (χ0n) is 11.6. The summed E-state index contributed by atoms with van der Waals surface area (Å²) in [7, 11) is 0. The number of anilines is 2. The van der Waals surface area contributed by atoms with Crippen molar-refractivity contribution >= 4 is 11.6 Å². The van der Waals surface area contributed by atoms with Crippen LogP contribution in [0.2, 0.25) is 0 Å². The number of nitrogens with two attached hydrogens (primary N) is 1. The second kappa shape index (κ2) is 4.72. The minimum Gasteiger partial charge on any atom is -0.365 e. The van der Waals surface area contributed by atoms with E-state index in [0.717, 1.165) is 17.6 Å². The monoisotopic (exact) mass is 249 g/mol. The summed E-state index contributed by atoms with van der Waals surface area (Å²) in [5.74, 6) is 8.78. The van der Waals surface area contributed by atoms with E-state index in [-0.39, 0.29) is 11.5 Å². The third-order valence-electron chi connectivity index (χ3n) is 3.46. The van der Waals surface area contributed by atoms with E-state index in [1.54, 1.807) is 0 Å². The minimum absolute atomic E-state index is 0.0778. The number of hydrogen-bond donors (Lipinski definition) is 3. The van der Waals surface area contributed by atoms with Crippen molar-refractivity contribution in [2.45, 2.75) is 52.0 Å². The molecule has 0 atom stereocenters. The maximum Gasteiger partial charge on any atom is 0.145 e. The van der Waals surface area contributed by atoms with Gasteiger partial charge < -0.3 is 10.7 Å². The molecule has 0 bridgehead atoms. The summed E-state index contributed by atoms with van der Waals surface area (Å²) in [4.78, 5) is 8.91. The lowest BCUT2D eigenvalue weighted by atomic mass is 9.99. The van der Waals surface area contributed by atoms with Crippen LogP contribution in [-0.4, -0.2) is 15.5 Å². The van der Waals surface area contributed by atoms with Gasteiger partial charge in [0.1, 0.15) is 17.5 Å². The number of rotatable bonds is 5. The van der Waals surface area contributed by atoms with Crippen molar-refractivity contribution in [3.63, 3.8) is 0 Å². The first kappa shape index (κ1) is 13.1. The van der Waals surface area contributed by atoms with Gasteiger partial charge >= 0.3 is 0 Å². The molecule has 0 spiro atoms. The van der Waals surface area contributed by atoms with Gasteiger partial charge in [-0.3, -0.25) is 0 Å². The van der Waals surface area contributed by atoms with Crippen LogP contribution in [0.5, 0.6) is 0 Å². The molecule has 5 heteroatoms. The van der Waals surface area contributed by atoms with E-state index < -0.39 is 0 Å². The Hall–Kier alpha value is -1.36. The van der Waals surface area contributed by atoms with E-state index in [9.17, 15) is 0 Å². The third kappa shape index (κ3) is 2.90. The Labute approximate surface area is 109 Å². The van der Waals surface area contributed by atoms with Crippen molar-refractivity contribution in [1.82, 2.24) is 9.97 Å². The zero-order chi connectivity index (χ0) is 13.3. The van der Waals surface area contributed by atoms with E-state index >= 15 is 0 Å². The Balaban J connectivity index is 2.23. The van der Waals surface area contributed by atoms with Crippen LogP contribution in [0, 0.1) is 5.92 Å². The maximum absolute atomic E-state index is 5.46. The fraction of sp³-hybridized carbons (Fsp3) is 0.692. The topological polar surface area (TPSA) is 75.9 Å². The Morgan fingerprint density at radius 3 is 2.39 bits per heavy atom. The summed E-state index contributed by atoms with van der Waals surface area (Å²) in [6.45, 7) is 8.59. The summed E-state index contributed by atoms with van der Waals surface area (Å²) in [5, 5.41) is 3.50. The van der Waals surface area contributed by atoms with Crippen LogP contribution in [0.3, 0.4) is 0 Å². The Morgan fingerprint density at radius 2 is 1.89 bits per heavy atom. The summed E-state index contributed by atoms with van der Waals surface area (Å²) in [6.07, 6.45) is 2.59. The van der Waals surface area contributed by atoms with E-state index in [2.05, 4.69) is 48.4 Å². The van der Waals surface area contributed by atoms with Gasteiger partial charge in [-0.05, 0) is 32.6 Å². The molecule has 18 heavy (non-hydrogen) atoms. The van der Waals surface area contributed by atoms with Crippen LogP contribution >= 0.6 is 0 Å². The minimum atomic E-state index is 0.0778. The lowest BCUT2D eigenvalue weighted by Crippen LogP contribution is -2.34. The van der Waals surface area contributed by atoms with E-state index in [1.165, 1.54) is 12.8 Å². The number of nitrogens with zero attached hydrogens (tertiary/aromatic N) is 2. The molecule has 100 valence electrons. The van der Waals surface area contributed by atoms with Crippen LogP contribution in [-0.2, 0) is 0 Å². The van der Waals surface area contributed by atoms with Crippen molar-refractivity contribution in [3.8, 4) is 0 Å². The number of nitrogen functional groups attached to an aromatic ring is 1. The second-order valence-electron chi connectivity index (χ2n) is 5.92. The van der Waals surface area contributed by atoms with Crippen LogP contribution in [0.25, 0.3) is 0 Å². The molecule has 2 rings (SSSR count). The van der Waals surface area contributed by atoms with Crippen molar-refractivity contribution < 1.29 is 0 Å². The van der Waals surface area contributed by atoms with Crippen molar-refractivity contribution in [2.24, 2.45) is 11.8 Å². The predicted molar refractivity (Wildman–Crippen MR) is 74.4 cm³/mol. The average Bonchev–Trinajstić information content (AvgIpc) is 3.11. The van der Waals surface area contributed by atoms with Gasteiger partial charge in [0.2, 0.25) is 0 Å². The second-order valence-corrected chi connectivity index (χ2v) is 5.92. The summed E-state index contributed by atoms with van der Waals surface area (Å²) < 4.78 is 0. The predicted octanol–water partition coefficient (Wildman–Crippen LogP) is 2.49. The first-order valence-corrected chi connectivity index (χ1v) is 6.56. The standard InChI is InChI=1S/C13H23N5/c1-8(2)12-15-10(7-11(16-12)18-14)17-13(3,4)9-5-6-9/h7-9H,5-6,14H2,1-4H3,(H2,15,16,17,18). The van der Waals surface area contributed by atoms with Gasteiger partial charge in [0.05, 0.1) is 0 Å². The van der Waals surface area contributed by atoms with Gasteiger partial charge in [0.25, 0.3) is 0 Å². The molecule has 0 saturated heterocycles. The van der Waals surface area contributed by atoms with Crippen LogP contribution in [0.15, 0.2) is 6.07 Å². The van der Waals surface area contributed by atoms with Crippen LogP contribution in [0.1, 0.15) is 52.3 Å².